The molecule has 0 aliphatic rings. The van der Waals surface area contributed by atoms with Gasteiger partial charge in [-0.05, 0) is 87.0 Å². The molecule has 4 aromatic heterocycles. The summed E-state index contributed by atoms with van der Waals surface area (Å²) in [5, 5.41) is 7.52. The fraction of sp³-hybridized carbons (Fsp3) is 0. The molecule has 0 N–H and O–H groups in total. The minimum absolute atomic E-state index is 0.00296. The van der Waals surface area contributed by atoms with Crippen molar-refractivity contribution in [1.82, 2.24) is 8.80 Å². The summed E-state index contributed by atoms with van der Waals surface area (Å²) < 4.78 is 4.45. The van der Waals surface area contributed by atoms with E-state index >= 15 is 4.79 Å². The van der Waals surface area contributed by atoms with E-state index in [0.29, 0.717) is 0 Å². The Balaban J connectivity index is 1.38. The zero-order chi connectivity index (χ0) is 34.1. The summed E-state index contributed by atoms with van der Waals surface area (Å²) in [6, 6.07) is 60.4. The second kappa shape index (κ2) is 10.1. The fourth-order valence-corrected chi connectivity index (χ4v) is 9.08. The molecule has 0 spiro atoms. The van der Waals surface area contributed by atoms with Crippen LogP contribution in [0.5, 0.6) is 0 Å². The monoisotopic (exact) mass is 660 g/mol. The molecule has 0 unspecified atom stereocenters. The molecule has 0 aliphatic carbocycles. The summed E-state index contributed by atoms with van der Waals surface area (Å²) in [5.74, 6) is 0. The second-order valence-electron chi connectivity index (χ2n) is 14.1. The maximum absolute atomic E-state index is 15.4. The van der Waals surface area contributed by atoms with Crippen LogP contribution in [0.4, 0.5) is 0 Å². The van der Waals surface area contributed by atoms with Crippen LogP contribution in [-0.4, -0.2) is 8.80 Å². The largest absolute Gasteiger partial charge is 0.305 e. The van der Waals surface area contributed by atoms with Crippen molar-refractivity contribution in [2.45, 2.75) is 0 Å². The van der Waals surface area contributed by atoms with E-state index in [-0.39, 0.29) is 5.56 Å². The van der Waals surface area contributed by atoms with Gasteiger partial charge >= 0.3 is 0 Å². The van der Waals surface area contributed by atoms with Crippen molar-refractivity contribution in [3.63, 3.8) is 0 Å². The molecule has 0 aliphatic heterocycles. The normalized spacial score (nSPS) is 12.3. The van der Waals surface area contributed by atoms with Crippen molar-refractivity contribution in [1.29, 1.82) is 0 Å². The Kier molecular flexibility index (Phi) is 5.38. The second-order valence-corrected chi connectivity index (χ2v) is 14.1. The molecule has 0 saturated heterocycles. The van der Waals surface area contributed by atoms with Gasteiger partial charge in [0.1, 0.15) is 0 Å². The van der Waals surface area contributed by atoms with E-state index in [0.717, 1.165) is 82.3 Å². The Morgan fingerprint density at radius 3 is 1.37 bits per heavy atom. The van der Waals surface area contributed by atoms with Gasteiger partial charge in [-0.2, -0.15) is 0 Å². The Morgan fingerprint density at radius 2 is 0.769 bits per heavy atom. The first-order valence-corrected chi connectivity index (χ1v) is 17.8. The molecule has 0 atom stereocenters. The summed E-state index contributed by atoms with van der Waals surface area (Å²) >= 11 is 0. The summed E-state index contributed by atoms with van der Waals surface area (Å²) in [6.45, 7) is 0. The van der Waals surface area contributed by atoms with Gasteiger partial charge in [0.2, 0.25) is 0 Å². The van der Waals surface area contributed by atoms with E-state index in [1.807, 2.05) is 10.5 Å². The van der Waals surface area contributed by atoms with Gasteiger partial charge in [-0.1, -0.05) is 127 Å². The van der Waals surface area contributed by atoms with Crippen molar-refractivity contribution >= 4 is 65.3 Å². The first-order chi connectivity index (χ1) is 25.7. The van der Waals surface area contributed by atoms with E-state index in [4.69, 9.17) is 0 Å². The zero-order valence-electron chi connectivity index (χ0n) is 28.0. The van der Waals surface area contributed by atoms with Gasteiger partial charge in [-0.3, -0.25) is 9.20 Å². The van der Waals surface area contributed by atoms with Crippen molar-refractivity contribution in [3.05, 3.63) is 180 Å². The molecule has 12 rings (SSSR count). The summed E-state index contributed by atoms with van der Waals surface area (Å²) in [4.78, 5) is 15.4. The highest BCUT2D eigenvalue weighted by Crippen LogP contribution is 2.50. The predicted molar refractivity (Wildman–Crippen MR) is 217 cm³/mol. The number of hydrogen-bond donors (Lipinski definition) is 0. The summed E-state index contributed by atoms with van der Waals surface area (Å²) in [6.07, 6.45) is 0. The molecule has 3 nitrogen and oxygen atoms in total. The van der Waals surface area contributed by atoms with Crippen LogP contribution in [0.15, 0.2) is 175 Å². The van der Waals surface area contributed by atoms with Crippen LogP contribution in [-0.2, 0) is 0 Å². The molecule has 4 heterocycles. The van der Waals surface area contributed by atoms with E-state index in [9.17, 15) is 0 Å². The molecule has 240 valence electrons. The van der Waals surface area contributed by atoms with Gasteiger partial charge in [0, 0.05) is 32.3 Å². The van der Waals surface area contributed by atoms with Crippen molar-refractivity contribution in [2.24, 2.45) is 0 Å². The average Bonchev–Trinajstić information content (AvgIpc) is 3.83. The molecule has 12 aromatic rings. The van der Waals surface area contributed by atoms with Gasteiger partial charge in [0.05, 0.1) is 33.0 Å². The van der Waals surface area contributed by atoms with Crippen LogP contribution < -0.4 is 5.56 Å². The van der Waals surface area contributed by atoms with Gasteiger partial charge in [0.15, 0.2) is 0 Å². The lowest BCUT2D eigenvalue weighted by Gasteiger charge is -2.09. The standard InChI is InChI=1S/C49H28N2O/c52-49-42-27-35(31-17-9-3-10-18-31)25-39-38-24-34(30-15-7-2-8-16-30)26-41-44-36(32-19-11-4-12-20-32)28-40-37-23-33(29-13-5-1-6-14-29)21-22-43(37)50(49)47(40)48(44)51(45(38)41)46(39)42/h1-28H. The molecular weight excluding hydrogens is 633 g/mol. The quantitative estimate of drug-likeness (QED) is 0.184. The smallest absolute Gasteiger partial charge is 0.265 e. The number of aromatic nitrogens is 2. The fourth-order valence-electron chi connectivity index (χ4n) is 9.08. The molecule has 0 fully saturated rings. The third kappa shape index (κ3) is 3.56. The Labute approximate surface area is 297 Å². The average molecular weight is 661 g/mol. The van der Waals surface area contributed by atoms with Crippen LogP contribution in [0.25, 0.3) is 110 Å². The Hall–Kier alpha value is -6.97. The Morgan fingerprint density at radius 1 is 0.308 bits per heavy atom. The van der Waals surface area contributed by atoms with Crippen molar-refractivity contribution in [3.8, 4) is 44.5 Å². The topological polar surface area (TPSA) is 25.9 Å². The molecule has 0 saturated carbocycles. The minimum Gasteiger partial charge on any atom is -0.305 e. The van der Waals surface area contributed by atoms with Crippen LogP contribution in [0, 0.1) is 0 Å². The number of rotatable bonds is 4. The third-order valence-electron chi connectivity index (χ3n) is 11.3. The van der Waals surface area contributed by atoms with Crippen molar-refractivity contribution < 1.29 is 0 Å². The number of hydrogen-bond acceptors (Lipinski definition) is 1. The third-order valence-corrected chi connectivity index (χ3v) is 11.3. The molecule has 3 heteroatoms. The summed E-state index contributed by atoms with van der Waals surface area (Å²) in [7, 11) is 0. The summed E-state index contributed by atoms with van der Waals surface area (Å²) in [5.41, 5.74) is 14.2. The maximum Gasteiger partial charge on any atom is 0.265 e. The van der Waals surface area contributed by atoms with E-state index in [1.54, 1.807) is 0 Å². The highest BCUT2D eigenvalue weighted by atomic mass is 16.1. The number of fused-ring (bicyclic) bond motifs is 5. The van der Waals surface area contributed by atoms with Gasteiger partial charge in [-0.25, -0.2) is 0 Å². The van der Waals surface area contributed by atoms with Crippen LogP contribution in [0.2, 0.25) is 0 Å². The first kappa shape index (κ1) is 27.8. The van der Waals surface area contributed by atoms with Crippen LogP contribution in [0.3, 0.4) is 0 Å². The van der Waals surface area contributed by atoms with E-state index in [2.05, 4.69) is 168 Å². The lowest BCUT2D eigenvalue weighted by atomic mass is 9.93. The highest BCUT2D eigenvalue weighted by molar-refractivity contribution is 6.34. The van der Waals surface area contributed by atoms with Gasteiger partial charge in [0.25, 0.3) is 5.56 Å². The van der Waals surface area contributed by atoms with Crippen LogP contribution >= 0.6 is 0 Å². The highest BCUT2D eigenvalue weighted by Gasteiger charge is 2.29. The lowest BCUT2D eigenvalue weighted by molar-refractivity contribution is 1.22. The molecule has 0 amide bonds. The molecule has 0 bridgehead atoms. The number of benzene rings is 8. The molecule has 52 heavy (non-hydrogen) atoms. The van der Waals surface area contributed by atoms with E-state index in [1.165, 1.54) is 27.5 Å². The zero-order valence-corrected chi connectivity index (χ0v) is 28.0. The number of nitrogens with zero attached hydrogens (tertiary/aromatic N) is 2. The minimum atomic E-state index is 0.00296. The van der Waals surface area contributed by atoms with Gasteiger partial charge < -0.3 is 4.40 Å². The molecule has 0 radical (unpaired) electrons. The Bertz CT molecular complexity index is 3380. The van der Waals surface area contributed by atoms with Crippen LogP contribution in [0.1, 0.15) is 0 Å². The first-order valence-electron chi connectivity index (χ1n) is 17.8. The predicted octanol–water partition coefficient (Wildman–Crippen LogP) is 12.3. The maximum atomic E-state index is 15.4. The van der Waals surface area contributed by atoms with Gasteiger partial charge in [-0.15, -0.1) is 0 Å². The lowest BCUT2D eigenvalue weighted by Crippen LogP contribution is -2.09. The molecular formula is C49H28N2O. The SMILES string of the molecule is O=c1c2cc(-c3ccccc3)cc3c4cc(-c5ccccc5)cc5c6c(-c7ccccc7)cc7c8cc(-c9ccccc9)ccc8n1c7c6n(c23)c45. The van der Waals surface area contributed by atoms with E-state index < -0.39 is 0 Å². The van der Waals surface area contributed by atoms with Crippen molar-refractivity contribution in [2.75, 3.05) is 0 Å². The molecule has 8 aromatic carbocycles.